The van der Waals surface area contributed by atoms with Gasteiger partial charge < -0.3 is 5.11 Å². The molecule has 0 aliphatic heterocycles. The van der Waals surface area contributed by atoms with Crippen LogP contribution in [0, 0.1) is 0 Å². The summed E-state index contributed by atoms with van der Waals surface area (Å²) in [6.07, 6.45) is 1.43. The third-order valence-corrected chi connectivity index (χ3v) is 3.95. The number of phenolic OH excluding ortho intramolecular Hbond substituents is 1. The topological polar surface area (TPSA) is 87.5 Å². The van der Waals surface area contributed by atoms with Crippen molar-refractivity contribution in [1.82, 2.24) is 4.98 Å². The average Bonchev–Trinajstić information content (AvgIpc) is 2.97. The highest BCUT2D eigenvalue weighted by molar-refractivity contribution is 7.86. The van der Waals surface area contributed by atoms with E-state index in [1.165, 1.54) is 24.4 Å². The van der Waals surface area contributed by atoms with Crippen LogP contribution in [-0.4, -0.2) is 23.1 Å². The van der Waals surface area contributed by atoms with E-state index in [9.17, 15) is 13.5 Å². The molecule has 0 saturated carbocycles. The average molecular weight is 309 g/mol. The molecule has 20 heavy (non-hydrogen) atoms. The minimum absolute atomic E-state index is 0.127. The number of nitrogens with zero attached hydrogens (tertiary/aromatic N) is 1. The first-order chi connectivity index (χ1) is 9.50. The first kappa shape index (κ1) is 14.4. The lowest BCUT2D eigenvalue weighted by atomic mass is 10.2. The molecule has 2 aromatic heterocycles. The number of hydrogen-bond donors (Lipinski definition) is 2. The van der Waals surface area contributed by atoms with Crippen molar-refractivity contribution in [3.05, 3.63) is 53.4 Å². The molecule has 3 aromatic rings. The van der Waals surface area contributed by atoms with Gasteiger partial charge in [-0.2, -0.15) is 19.8 Å². The van der Waals surface area contributed by atoms with E-state index < -0.39 is 10.1 Å². The summed E-state index contributed by atoms with van der Waals surface area (Å²) in [6, 6.07) is 9.34. The maximum atomic E-state index is 11.0. The molecule has 0 aliphatic carbocycles. The van der Waals surface area contributed by atoms with Crippen molar-refractivity contribution in [3.8, 4) is 5.75 Å². The first-order valence-electron chi connectivity index (χ1n) is 5.51. The van der Waals surface area contributed by atoms with Gasteiger partial charge in [0.2, 0.25) is 0 Å². The zero-order valence-electron chi connectivity index (χ0n) is 10.2. The molecule has 7 heteroatoms. The Morgan fingerprint density at radius 2 is 1.75 bits per heavy atom. The fraction of sp³-hybridized carbons (Fsp3) is 0. The number of aromatic hydroxyl groups is 1. The van der Waals surface area contributed by atoms with Gasteiger partial charge in [-0.05, 0) is 35.0 Å². The van der Waals surface area contributed by atoms with Crippen molar-refractivity contribution >= 4 is 32.4 Å². The minimum atomic E-state index is -4.30. The summed E-state index contributed by atoms with van der Waals surface area (Å²) >= 11 is 1.71. The van der Waals surface area contributed by atoms with Crippen LogP contribution in [-0.2, 0) is 10.1 Å². The Morgan fingerprint density at radius 1 is 1.05 bits per heavy atom. The molecule has 0 aliphatic rings. The van der Waals surface area contributed by atoms with Crippen LogP contribution in [0.25, 0.3) is 10.9 Å². The summed E-state index contributed by atoms with van der Waals surface area (Å²) in [7, 11) is -4.30. The van der Waals surface area contributed by atoms with Crippen LogP contribution in [0.5, 0.6) is 5.75 Å². The Morgan fingerprint density at radius 3 is 2.30 bits per heavy atom. The first-order valence-corrected chi connectivity index (χ1v) is 7.90. The molecule has 0 unspecified atom stereocenters. The smallest absolute Gasteiger partial charge is 0.295 e. The van der Waals surface area contributed by atoms with Crippen molar-refractivity contribution in [2.45, 2.75) is 4.90 Å². The molecule has 0 saturated heterocycles. The Bertz CT molecular complexity index is 781. The zero-order valence-corrected chi connectivity index (χ0v) is 11.8. The molecule has 0 atom stereocenters. The molecule has 1 aromatic carbocycles. The van der Waals surface area contributed by atoms with E-state index in [2.05, 4.69) is 4.98 Å². The highest BCUT2D eigenvalue weighted by Gasteiger charge is 2.15. The van der Waals surface area contributed by atoms with Gasteiger partial charge >= 0.3 is 0 Å². The van der Waals surface area contributed by atoms with E-state index in [0.29, 0.717) is 0 Å². The van der Waals surface area contributed by atoms with Gasteiger partial charge in [0.05, 0.1) is 0 Å². The lowest BCUT2D eigenvalue weighted by Crippen LogP contribution is -1.99. The molecular formula is C13H11NO4S2. The molecule has 2 N–H and O–H groups in total. The van der Waals surface area contributed by atoms with Gasteiger partial charge in [0, 0.05) is 11.6 Å². The number of phenols is 1. The third kappa shape index (κ3) is 3.32. The van der Waals surface area contributed by atoms with E-state index in [4.69, 9.17) is 4.55 Å². The van der Waals surface area contributed by atoms with Crippen molar-refractivity contribution in [2.24, 2.45) is 0 Å². The van der Waals surface area contributed by atoms with Crippen molar-refractivity contribution in [1.29, 1.82) is 0 Å². The largest absolute Gasteiger partial charge is 0.506 e. The number of fused-ring (bicyclic) bond motifs is 1. The third-order valence-electron chi connectivity index (χ3n) is 2.41. The number of thiophene rings is 1. The van der Waals surface area contributed by atoms with E-state index in [0.717, 1.165) is 6.07 Å². The van der Waals surface area contributed by atoms with E-state index in [1.54, 1.807) is 11.3 Å². The number of pyridine rings is 1. The number of benzene rings is 1. The Labute approximate surface area is 119 Å². The predicted molar refractivity (Wildman–Crippen MR) is 77.5 cm³/mol. The van der Waals surface area contributed by atoms with Crippen LogP contribution in [0.2, 0.25) is 0 Å². The zero-order chi connectivity index (χ0) is 14.6. The standard InChI is InChI=1S/C9H7NO4S.C4H4S/c11-7-3-4-8(15(12,13)14)6-2-1-5-10-9(6)7;1-2-4-5-3-1/h1-5,11H,(H,12,13,14);1-4H. The van der Waals surface area contributed by atoms with Crippen LogP contribution in [0.1, 0.15) is 0 Å². The van der Waals surface area contributed by atoms with E-state index in [-0.39, 0.29) is 21.5 Å². The molecule has 5 nitrogen and oxygen atoms in total. The second-order valence-electron chi connectivity index (χ2n) is 3.75. The molecule has 104 valence electrons. The van der Waals surface area contributed by atoms with Gasteiger partial charge in [-0.25, -0.2) is 0 Å². The van der Waals surface area contributed by atoms with E-state index >= 15 is 0 Å². The Balaban J connectivity index is 0.000000247. The molecule has 0 fully saturated rings. The SMILES string of the molecule is O=S(=O)(O)c1ccc(O)c2ncccc12.c1ccsc1. The fourth-order valence-corrected chi connectivity index (χ4v) is 2.72. The summed E-state index contributed by atoms with van der Waals surface area (Å²) in [6.45, 7) is 0. The van der Waals surface area contributed by atoms with Crippen molar-refractivity contribution in [3.63, 3.8) is 0 Å². The van der Waals surface area contributed by atoms with Crippen LogP contribution in [0.3, 0.4) is 0 Å². The number of aromatic nitrogens is 1. The highest BCUT2D eigenvalue weighted by Crippen LogP contribution is 2.27. The van der Waals surface area contributed by atoms with Gasteiger partial charge in [-0.15, -0.1) is 0 Å². The molecule has 0 bridgehead atoms. The van der Waals surface area contributed by atoms with Crippen molar-refractivity contribution in [2.75, 3.05) is 0 Å². The molecular weight excluding hydrogens is 298 g/mol. The summed E-state index contributed by atoms with van der Waals surface area (Å²) in [5.41, 5.74) is 0.146. The van der Waals surface area contributed by atoms with Gasteiger partial charge in [0.25, 0.3) is 10.1 Å². The summed E-state index contributed by atoms with van der Waals surface area (Å²) in [5.74, 6) is -0.127. The van der Waals surface area contributed by atoms with Crippen LogP contribution < -0.4 is 0 Å². The summed E-state index contributed by atoms with van der Waals surface area (Å²) < 4.78 is 30.9. The Hall–Kier alpha value is -1.96. The number of hydrogen-bond acceptors (Lipinski definition) is 5. The monoisotopic (exact) mass is 309 g/mol. The number of rotatable bonds is 1. The van der Waals surface area contributed by atoms with Gasteiger partial charge in [-0.1, -0.05) is 12.1 Å². The molecule has 0 amide bonds. The normalized spacial score (nSPS) is 10.8. The van der Waals surface area contributed by atoms with E-state index in [1.807, 2.05) is 22.9 Å². The van der Waals surface area contributed by atoms with Crippen LogP contribution in [0.15, 0.2) is 58.3 Å². The predicted octanol–water partition coefficient (Wildman–Crippen LogP) is 2.94. The van der Waals surface area contributed by atoms with Crippen LogP contribution >= 0.6 is 11.3 Å². The van der Waals surface area contributed by atoms with Crippen molar-refractivity contribution < 1.29 is 18.1 Å². The second-order valence-corrected chi connectivity index (χ2v) is 5.96. The van der Waals surface area contributed by atoms with Gasteiger partial charge in [0.15, 0.2) is 0 Å². The van der Waals surface area contributed by atoms with Gasteiger partial charge in [-0.3, -0.25) is 9.54 Å². The summed E-state index contributed by atoms with van der Waals surface area (Å²) in [4.78, 5) is 3.57. The molecule has 0 spiro atoms. The Kier molecular flexibility index (Phi) is 4.33. The molecule has 0 radical (unpaired) electrons. The minimum Gasteiger partial charge on any atom is -0.506 e. The quantitative estimate of drug-likeness (QED) is 0.675. The van der Waals surface area contributed by atoms with Gasteiger partial charge in [0.1, 0.15) is 16.2 Å². The lowest BCUT2D eigenvalue weighted by Gasteiger charge is -2.03. The van der Waals surface area contributed by atoms with Crippen LogP contribution in [0.4, 0.5) is 0 Å². The molecule has 2 heterocycles. The highest BCUT2D eigenvalue weighted by atomic mass is 32.2. The maximum Gasteiger partial charge on any atom is 0.295 e. The second kappa shape index (κ2) is 6.00. The lowest BCUT2D eigenvalue weighted by molar-refractivity contribution is 0.478. The summed E-state index contributed by atoms with van der Waals surface area (Å²) in [5, 5.41) is 13.7. The molecule has 3 rings (SSSR count). The fourth-order valence-electron chi connectivity index (χ4n) is 1.58. The maximum absolute atomic E-state index is 11.0.